The molecule has 0 saturated heterocycles. The Morgan fingerprint density at radius 3 is 2.43 bits per heavy atom. The molecule has 4 N–H and O–H groups in total. The number of carbonyl (C=O) groups is 1. The Balaban J connectivity index is 2.97. The molecule has 7 heavy (non-hydrogen) atoms. The summed E-state index contributed by atoms with van der Waals surface area (Å²) >= 11 is 0. The lowest BCUT2D eigenvalue weighted by Gasteiger charge is -1.90. The first-order chi connectivity index (χ1) is 3.27. The molecule has 0 spiro atoms. The van der Waals surface area contributed by atoms with Gasteiger partial charge in [0.1, 0.15) is 0 Å². The van der Waals surface area contributed by atoms with Crippen molar-refractivity contribution < 1.29 is 4.79 Å². The minimum atomic E-state index is -0.848. The lowest BCUT2D eigenvalue weighted by atomic mass is 11.2. The largest absolute Gasteiger partial charge is 0.350 e. The standard InChI is InChI=1S/CH4N4O2/c2-1(6)3-4-5-7/h(H,4,7)(H3,2,3,5,6). The molecule has 2 amide bonds. The molecule has 0 saturated carbocycles. The summed E-state index contributed by atoms with van der Waals surface area (Å²) in [5.41, 5.74) is 7.76. The quantitative estimate of drug-likeness (QED) is 0.304. The molecule has 0 unspecified atom stereocenters. The van der Waals surface area contributed by atoms with Gasteiger partial charge in [-0.3, -0.25) is 0 Å². The number of amides is 2. The van der Waals surface area contributed by atoms with Gasteiger partial charge in [0, 0.05) is 0 Å². The maximum absolute atomic E-state index is 9.61. The molecule has 0 aliphatic heterocycles. The summed E-state index contributed by atoms with van der Waals surface area (Å²) in [6.07, 6.45) is 0. The second-order valence-electron chi connectivity index (χ2n) is 0.692. The Bertz CT molecular complexity index is 79.8. The number of primary amides is 1. The van der Waals surface area contributed by atoms with E-state index in [9.17, 15) is 4.79 Å². The van der Waals surface area contributed by atoms with Crippen molar-refractivity contribution in [3.05, 3.63) is 4.91 Å². The van der Waals surface area contributed by atoms with Gasteiger partial charge in [0.2, 0.25) is 0 Å². The van der Waals surface area contributed by atoms with Crippen molar-refractivity contribution in [1.82, 2.24) is 11.0 Å². The highest BCUT2D eigenvalue weighted by molar-refractivity contribution is 5.70. The first-order valence-electron chi connectivity index (χ1n) is 1.40. The van der Waals surface area contributed by atoms with Crippen LogP contribution < -0.4 is 16.7 Å². The molecule has 0 radical (unpaired) electrons. The number of nitrogens with two attached hydrogens (primary N) is 1. The molecule has 6 heteroatoms. The van der Waals surface area contributed by atoms with Gasteiger partial charge in [-0.1, -0.05) is 0 Å². The summed E-state index contributed by atoms with van der Waals surface area (Å²) < 4.78 is 0. The number of nitrogens with zero attached hydrogens (tertiary/aromatic N) is 1. The maximum Gasteiger partial charge on any atom is 0.332 e. The van der Waals surface area contributed by atoms with Gasteiger partial charge in [0.15, 0.2) is 0 Å². The Hall–Kier alpha value is -1.33. The van der Waals surface area contributed by atoms with Gasteiger partial charge >= 0.3 is 6.03 Å². The Labute approximate surface area is 39.0 Å². The van der Waals surface area contributed by atoms with Crippen LogP contribution in [0.25, 0.3) is 0 Å². The van der Waals surface area contributed by atoms with E-state index in [2.05, 4.69) is 11.0 Å². The molecule has 0 aromatic rings. The number of urea groups is 1. The zero-order valence-electron chi connectivity index (χ0n) is 3.34. The smallest absolute Gasteiger partial charge is 0.332 e. The summed E-state index contributed by atoms with van der Waals surface area (Å²) in [6.45, 7) is 0. The molecule has 0 aromatic carbocycles. The minimum absolute atomic E-state index is 0.848. The molecular weight excluding hydrogens is 100 g/mol. The number of nitroso groups, excluding NO2 is 1. The average Bonchev–Trinajstić information content (AvgIpc) is 1.61. The van der Waals surface area contributed by atoms with Gasteiger partial charge in [-0.15, -0.1) is 4.91 Å². The van der Waals surface area contributed by atoms with E-state index in [1.165, 1.54) is 0 Å². The highest BCUT2D eigenvalue weighted by Gasteiger charge is 1.82. The van der Waals surface area contributed by atoms with Crippen LogP contribution in [0.1, 0.15) is 0 Å². The Morgan fingerprint density at radius 2 is 2.29 bits per heavy atom. The summed E-state index contributed by atoms with van der Waals surface area (Å²) in [4.78, 5) is 18.7. The van der Waals surface area contributed by atoms with Crippen LogP contribution in [0.3, 0.4) is 0 Å². The molecule has 0 fully saturated rings. The number of hydrogen-bond donors (Lipinski definition) is 3. The molecule has 0 rings (SSSR count). The van der Waals surface area contributed by atoms with Crippen molar-refractivity contribution in [2.45, 2.75) is 0 Å². The van der Waals surface area contributed by atoms with E-state index in [1.54, 1.807) is 11.0 Å². The predicted molar refractivity (Wildman–Crippen MR) is 21.6 cm³/mol. The number of rotatable bonds is 2. The lowest BCUT2D eigenvalue weighted by Crippen LogP contribution is -2.37. The fourth-order valence-corrected chi connectivity index (χ4v) is 0.0779. The van der Waals surface area contributed by atoms with Crippen LogP contribution in [0.2, 0.25) is 0 Å². The summed E-state index contributed by atoms with van der Waals surface area (Å²) in [7, 11) is 0. The van der Waals surface area contributed by atoms with Crippen LogP contribution in [0.15, 0.2) is 5.29 Å². The van der Waals surface area contributed by atoms with Gasteiger partial charge in [0.25, 0.3) is 0 Å². The molecule has 0 aliphatic carbocycles. The van der Waals surface area contributed by atoms with Gasteiger partial charge in [-0.2, -0.15) is 5.53 Å². The van der Waals surface area contributed by atoms with E-state index in [1.807, 2.05) is 0 Å². The Kier molecular flexibility index (Phi) is 2.34. The SMILES string of the molecule is NC(=O)NNN=O. The van der Waals surface area contributed by atoms with Crippen molar-refractivity contribution in [1.29, 1.82) is 0 Å². The summed E-state index contributed by atoms with van der Waals surface area (Å²) in [5.74, 6) is 0. The maximum atomic E-state index is 9.61. The summed E-state index contributed by atoms with van der Waals surface area (Å²) in [6, 6.07) is -0.848. The molecule has 40 valence electrons. The zero-order valence-corrected chi connectivity index (χ0v) is 3.34. The zero-order chi connectivity index (χ0) is 5.70. The third-order valence-electron chi connectivity index (χ3n) is 0.225. The molecule has 0 aromatic heterocycles. The highest BCUT2D eigenvalue weighted by Crippen LogP contribution is 1.46. The fraction of sp³-hybridized carbons (Fsp3) is 0. The van der Waals surface area contributed by atoms with Gasteiger partial charge in [-0.05, 0) is 0 Å². The first kappa shape index (κ1) is 5.67. The second-order valence-corrected chi connectivity index (χ2v) is 0.692. The normalized spacial score (nSPS) is 6.86. The number of hydrogen-bond acceptors (Lipinski definition) is 3. The van der Waals surface area contributed by atoms with Crippen molar-refractivity contribution in [3.63, 3.8) is 0 Å². The van der Waals surface area contributed by atoms with Crippen LogP contribution in [0.5, 0.6) is 0 Å². The third kappa shape index (κ3) is 4.67. The van der Waals surface area contributed by atoms with Crippen LogP contribution in [-0.4, -0.2) is 6.03 Å². The summed E-state index contributed by atoms with van der Waals surface area (Å²) in [5, 5.41) is 2.06. The molecule has 0 bridgehead atoms. The van der Waals surface area contributed by atoms with E-state index >= 15 is 0 Å². The Morgan fingerprint density at radius 1 is 1.71 bits per heavy atom. The predicted octanol–water partition coefficient (Wildman–Crippen LogP) is -1.16. The fourth-order valence-electron chi connectivity index (χ4n) is 0.0779. The highest BCUT2D eigenvalue weighted by atomic mass is 16.3. The van der Waals surface area contributed by atoms with E-state index in [0.717, 1.165) is 0 Å². The second kappa shape index (κ2) is 2.88. The lowest BCUT2D eigenvalue weighted by molar-refractivity contribution is 0.245. The van der Waals surface area contributed by atoms with E-state index < -0.39 is 6.03 Å². The van der Waals surface area contributed by atoms with Crippen molar-refractivity contribution in [3.8, 4) is 0 Å². The molecule has 0 atom stereocenters. The van der Waals surface area contributed by atoms with Crippen LogP contribution in [0.4, 0.5) is 4.79 Å². The topological polar surface area (TPSA) is 96.6 Å². The van der Waals surface area contributed by atoms with Gasteiger partial charge in [-0.25, -0.2) is 10.2 Å². The van der Waals surface area contributed by atoms with E-state index in [0.29, 0.717) is 0 Å². The van der Waals surface area contributed by atoms with Crippen molar-refractivity contribution >= 4 is 6.03 Å². The van der Waals surface area contributed by atoms with Gasteiger partial charge < -0.3 is 5.73 Å². The average molecular weight is 104 g/mol. The minimum Gasteiger partial charge on any atom is -0.350 e. The van der Waals surface area contributed by atoms with Crippen molar-refractivity contribution in [2.75, 3.05) is 0 Å². The molecular formula is CH4N4O2. The first-order valence-corrected chi connectivity index (χ1v) is 1.40. The molecule has 0 heterocycles. The van der Waals surface area contributed by atoms with Crippen LogP contribution in [0, 0.1) is 4.91 Å². The van der Waals surface area contributed by atoms with Crippen LogP contribution in [-0.2, 0) is 0 Å². The third-order valence-corrected chi connectivity index (χ3v) is 0.225. The van der Waals surface area contributed by atoms with Gasteiger partial charge in [0.05, 0.1) is 5.29 Å². The van der Waals surface area contributed by atoms with E-state index in [-0.39, 0.29) is 0 Å². The van der Waals surface area contributed by atoms with E-state index in [4.69, 9.17) is 4.91 Å². The monoisotopic (exact) mass is 104 g/mol. The number of nitrogens with one attached hydrogen (secondary N) is 2. The van der Waals surface area contributed by atoms with Crippen LogP contribution >= 0.6 is 0 Å². The number of hydrazine groups is 1. The molecule has 0 aliphatic rings. The number of carbonyl (C=O) groups excluding carboxylic acids is 1. The molecule has 6 nitrogen and oxygen atoms in total. The van der Waals surface area contributed by atoms with Crippen molar-refractivity contribution in [2.24, 2.45) is 11.0 Å².